The standard InChI is InChI=1S/C19H16F2N4O3/c1-23-14-10-12(6-9-15(14)27-3)19(16(26)25(2)18(22)24-19)11-4-7-13(8-5-11)28-17(20)21/h4-10,17H,2-3H3,(H2,22,24). The van der Waals surface area contributed by atoms with Gasteiger partial charge in [-0.05, 0) is 35.4 Å². The summed E-state index contributed by atoms with van der Waals surface area (Å²) >= 11 is 0. The first-order valence-corrected chi connectivity index (χ1v) is 8.08. The Hall–Kier alpha value is -3.67. The first-order valence-electron chi connectivity index (χ1n) is 8.08. The van der Waals surface area contributed by atoms with Crippen LogP contribution in [0.3, 0.4) is 0 Å². The third kappa shape index (κ3) is 2.99. The van der Waals surface area contributed by atoms with Crippen molar-refractivity contribution in [2.75, 3.05) is 14.2 Å². The van der Waals surface area contributed by atoms with E-state index in [0.29, 0.717) is 16.9 Å². The second kappa shape index (κ2) is 7.15. The van der Waals surface area contributed by atoms with Gasteiger partial charge in [0.05, 0.1) is 13.7 Å². The maximum Gasteiger partial charge on any atom is 0.387 e. The van der Waals surface area contributed by atoms with Gasteiger partial charge in [0.25, 0.3) is 5.91 Å². The molecule has 144 valence electrons. The van der Waals surface area contributed by atoms with Gasteiger partial charge in [-0.2, -0.15) is 8.78 Å². The summed E-state index contributed by atoms with van der Waals surface area (Å²) in [6.07, 6.45) is 0. The minimum Gasteiger partial charge on any atom is -0.508 e. The molecule has 1 heterocycles. The van der Waals surface area contributed by atoms with Gasteiger partial charge < -0.3 is 15.2 Å². The fourth-order valence-electron chi connectivity index (χ4n) is 3.06. The van der Waals surface area contributed by atoms with Crippen molar-refractivity contribution in [1.29, 1.82) is 0 Å². The van der Waals surface area contributed by atoms with Crippen LogP contribution in [0.1, 0.15) is 11.1 Å². The van der Waals surface area contributed by atoms with Crippen LogP contribution in [0.15, 0.2) is 47.5 Å². The van der Waals surface area contributed by atoms with Gasteiger partial charge in [0.1, 0.15) is 11.5 Å². The summed E-state index contributed by atoms with van der Waals surface area (Å²) in [6, 6.07) is 10.3. The van der Waals surface area contributed by atoms with Gasteiger partial charge in [-0.15, -0.1) is 0 Å². The third-order valence-corrected chi connectivity index (χ3v) is 4.45. The van der Waals surface area contributed by atoms with E-state index < -0.39 is 18.1 Å². The monoisotopic (exact) mass is 386 g/mol. The first-order chi connectivity index (χ1) is 13.3. The lowest BCUT2D eigenvalue weighted by atomic mass is 9.82. The van der Waals surface area contributed by atoms with E-state index in [4.69, 9.17) is 17.0 Å². The van der Waals surface area contributed by atoms with E-state index in [1.165, 1.54) is 49.4 Å². The SMILES string of the molecule is [C-]#[N+]c1cc(C2(c3ccc(OC(F)F)cc3)N=C(N)N(C)C2=O)ccc1OC. The molecule has 0 saturated heterocycles. The molecule has 0 spiro atoms. The molecule has 28 heavy (non-hydrogen) atoms. The maximum absolute atomic E-state index is 13.1. The molecule has 7 nitrogen and oxygen atoms in total. The maximum atomic E-state index is 13.1. The van der Waals surface area contributed by atoms with Crippen LogP contribution < -0.4 is 15.2 Å². The molecular weight excluding hydrogens is 370 g/mol. The minimum atomic E-state index is -2.96. The van der Waals surface area contributed by atoms with Gasteiger partial charge in [-0.1, -0.05) is 18.2 Å². The molecule has 1 aliphatic rings. The Balaban J connectivity index is 2.19. The number of halogens is 2. The van der Waals surface area contributed by atoms with Crippen LogP contribution in [0.5, 0.6) is 11.5 Å². The van der Waals surface area contributed by atoms with E-state index in [2.05, 4.69) is 14.6 Å². The number of nitrogens with two attached hydrogens (primary N) is 1. The number of amides is 1. The lowest BCUT2D eigenvalue weighted by molar-refractivity contribution is -0.129. The average molecular weight is 386 g/mol. The quantitative estimate of drug-likeness (QED) is 0.802. The van der Waals surface area contributed by atoms with Crippen molar-refractivity contribution in [2.24, 2.45) is 10.7 Å². The summed E-state index contributed by atoms with van der Waals surface area (Å²) in [5.41, 5.74) is 5.34. The number of ether oxygens (including phenoxy) is 2. The molecule has 2 N–H and O–H groups in total. The number of hydrogen-bond acceptors (Lipinski definition) is 5. The Kier molecular flexibility index (Phi) is 4.88. The van der Waals surface area contributed by atoms with Crippen molar-refractivity contribution in [2.45, 2.75) is 12.2 Å². The molecule has 1 atom stereocenters. The van der Waals surface area contributed by atoms with Crippen LogP contribution in [-0.2, 0) is 10.3 Å². The predicted molar refractivity (Wildman–Crippen MR) is 97.5 cm³/mol. The molecule has 0 aliphatic carbocycles. The molecule has 0 radical (unpaired) electrons. The van der Waals surface area contributed by atoms with Crippen molar-refractivity contribution < 1.29 is 23.0 Å². The zero-order chi connectivity index (χ0) is 20.5. The van der Waals surface area contributed by atoms with Gasteiger partial charge in [-0.3, -0.25) is 9.69 Å². The molecule has 0 fully saturated rings. The van der Waals surface area contributed by atoms with E-state index in [1.807, 2.05) is 0 Å². The van der Waals surface area contributed by atoms with E-state index in [9.17, 15) is 13.6 Å². The smallest absolute Gasteiger partial charge is 0.387 e. The number of hydrogen-bond donors (Lipinski definition) is 1. The number of benzene rings is 2. The Labute approximate surface area is 159 Å². The fourth-order valence-corrected chi connectivity index (χ4v) is 3.06. The Morgan fingerprint density at radius 2 is 1.86 bits per heavy atom. The molecular formula is C19H16F2N4O3. The van der Waals surface area contributed by atoms with Crippen molar-refractivity contribution in [3.63, 3.8) is 0 Å². The number of likely N-dealkylation sites (N-methyl/N-ethyl adjacent to an activating group) is 1. The summed E-state index contributed by atoms with van der Waals surface area (Å²) in [5, 5.41) is 0. The van der Waals surface area contributed by atoms with Crippen molar-refractivity contribution in [1.82, 2.24) is 4.90 Å². The van der Waals surface area contributed by atoms with Crippen molar-refractivity contribution >= 4 is 17.6 Å². The predicted octanol–water partition coefficient (Wildman–Crippen LogP) is 2.88. The highest BCUT2D eigenvalue weighted by molar-refractivity contribution is 6.09. The Morgan fingerprint density at radius 3 is 2.36 bits per heavy atom. The molecule has 2 aromatic rings. The average Bonchev–Trinajstić information content (AvgIpc) is 2.92. The Bertz CT molecular complexity index is 986. The number of carbonyl (C=O) groups excluding carboxylic acids is 1. The first kappa shape index (κ1) is 19.1. The number of guanidine groups is 1. The van der Waals surface area contributed by atoms with Gasteiger partial charge in [0.15, 0.2) is 11.5 Å². The van der Waals surface area contributed by atoms with Crippen LogP contribution in [0, 0.1) is 6.57 Å². The second-order valence-electron chi connectivity index (χ2n) is 5.95. The lowest BCUT2D eigenvalue weighted by Gasteiger charge is -2.26. The topological polar surface area (TPSA) is 81.5 Å². The second-order valence-corrected chi connectivity index (χ2v) is 5.95. The molecule has 1 aliphatic heterocycles. The molecule has 2 aromatic carbocycles. The molecule has 9 heteroatoms. The number of rotatable bonds is 5. The van der Waals surface area contributed by atoms with Crippen LogP contribution in [0.25, 0.3) is 4.85 Å². The van der Waals surface area contributed by atoms with E-state index in [1.54, 1.807) is 12.1 Å². The number of carbonyl (C=O) groups is 1. The number of aliphatic imine (C=N–C) groups is 1. The molecule has 0 aromatic heterocycles. The van der Waals surface area contributed by atoms with E-state index in [0.717, 1.165) is 0 Å². The van der Waals surface area contributed by atoms with Crippen molar-refractivity contribution in [3.8, 4) is 11.5 Å². The van der Waals surface area contributed by atoms with Crippen LogP contribution in [-0.4, -0.2) is 37.5 Å². The summed E-state index contributed by atoms with van der Waals surface area (Å²) in [6.45, 7) is 4.39. The van der Waals surface area contributed by atoms with Crippen LogP contribution >= 0.6 is 0 Å². The van der Waals surface area contributed by atoms with Gasteiger partial charge in [0.2, 0.25) is 5.69 Å². The molecule has 0 bridgehead atoms. The Morgan fingerprint density at radius 1 is 1.21 bits per heavy atom. The molecule has 3 rings (SSSR count). The van der Waals surface area contributed by atoms with Gasteiger partial charge >= 0.3 is 6.61 Å². The number of alkyl halides is 2. The van der Waals surface area contributed by atoms with Crippen LogP contribution in [0.2, 0.25) is 0 Å². The highest BCUT2D eigenvalue weighted by atomic mass is 19.3. The summed E-state index contributed by atoms with van der Waals surface area (Å²) in [4.78, 5) is 22.1. The summed E-state index contributed by atoms with van der Waals surface area (Å²) < 4.78 is 34.4. The molecule has 0 saturated carbocycles. The lowest BCUT2D eigenvalue weighted by Crippen LogP contribution is -2.41. The zero-order valence-corrected chi connectivity index (χ0v) is 15.0. The molecule has 1 amide bonds. The van der Waals surface area contributed by atoms with Gasteiger partial charge in [-0.25, -0.2) is 9.84 Å². The van der Waals surface area contributed by atoms with Gasteiger partial charge in [0, 0.05) is 7.05 Å². The van der Waals surface area contributed by atoms with Crippen LogP contribution in [0.4, 0.5) is 14.5 Å². The summed E-state index contributed by atoms with van der Waals surface area (Å²) in [7, 11) is 2.92. The zero-order valence-electron chi connectivity index (χ0n) is 15.0. The number of nitrogens with zero attached hydrogens (tertiary/aromatic N) is 3. The van der Waals surface area contributed by atoms with Crippen molar-refractivity contribution in [3.05, 3.63) is 65.0 Å². The minimum absolute atomic E-state index is 0.00177. The fraction of sp³-hybridized carbons (Fsp3) is 0.211. The van der Waals surface area contributed by atoms with E-state index in [-0.39, 0.29) is 17.4 Å². The highest BCUT2D eigenvalue weighted by Gasteiger charge is 2.49. The summed E-state index contributed by atoms with van der Waals surface area (Å²) in [5.74, 6) is -0.140. The largest absolute Gasteiger partial charge is 0.508 e. The molecule has 1 unspecified atom stereocenters. The number of methoxy groups -OCH3 is 1. The highest BCUT2D eigenvalue weighted by Crippen LogP contribution is 2.42. The normalized spacial score (nSPS) is 18.8. The van der Waals surface area contributed by atoms with E-state index >= 15 is 0 Å². The third-order valence-electron chi connectivity index (χ3n) is 4.45.